The van der Waals surface area contributed by atoms with E-state index in [-0.39, 0.29) is 10.8 Å². The first-order valence-electron chi connectivity index (χ1n) is 25.7. The van der Waals surface area contributed by atoms with Crippen LogP contribution in [0.4, 0.5) is 17.1 Å². The van der Waals surface area contributed by atoms with Crippen LogP contribution in [-0.2, 0) is 10.8 Å². The van der Waals surface area contributed by atoms with E-state index >= 15 is 0 Å². The molecule has 0 spiro atoms. The van der Waals surface area contributed by atoms with Gasteiger partial charge in [-0.1, -0.05) is 228 Å². The molecule has 0 atom stereocenters. The molecule has 0 bridgehead atoms. The zero-order chi connectivity index (χ0) is 49.0. The number of rotatable bonds is 7. The molecule has 12 aromatic carbocycles. The summed E-state index contributed by atoms with van der Waals surface area (Å²) in [4.78, 5) is 2.49. The molecule has 0 saturated carbocycles. The largest absolute Gasteiger partial charge is 0.310 e. The predicted octanol–water partition coefficient (Wildman–Crippen LogP) is 19.9. The van der Waals surface area contributed by atoms with Crippen LogP contribution in [0.1, 0.15) is 49.9 Å². The van der Waals surface area contributed by atoms with Gasteiger partial charge in [0.2, 0.25) is 0 Å². The average molecular weight is 932 g/mol. The fraction of sp³-hybridized carbons (Fsp3) is 0.0833. The van der Waals surface area contributed by atoms with Crippen molar-refractivity contribution in [2.45, 2.75) is 38.5 Å². The highest BCUT2D eigenvalue weighted by Gasteiger charge is 2.38. The van der Waals surface area contributed by atoms with Crippen molar-refractivity contribution in [3.8, 4) is 66.8 Å². The summed E-state index contributed by atoms with van der Waals surface area (Å²) < 4.78 is 0. The van der Waals surface area contributed by atoms with Crippen LogP contribution in [0.5, 0.6) is 0 Å². The summed E-state index contributed by atoms with van der Waals surface area (Å²) in [5.74, 6) is 0. The SMILES string of the molecule is CC1(C)c2ccccc2-c2ccc(N(c3ccc(-c4cc5c6ccccc6c6ccccc6c5cc4-c4ccccc4-c4ccccc4-c4ccccc4)cc3)c3ccc4c(c3)C(C)(C)c3ccccc3-4)cc21. The quantitative estimate of drug-likeness (QED) is 0.144. The van der Waals surface area contributed by atoms with Gasteiger partial charge in [0.15, 0.2) is 0 Å². The van der Waals surface area contributed by atoms with Crippen molar-refractivity contribution in [1.29, 1.82) is 0 Å². The Bertz CT molecular complexity index is 4080. The van der Waals surface area contributed by atoms with Crippen molar-refractivity contribution in [3.05, 3.63) is 271 Å². The highest BCUT2D eigenvalue weighted by Crippen LogP contribution is 2.54. The summed E-state index contributed by atoms with van der Waals surface area (Å²) in [6.07, 6.45) is 0. The normalized spacial score (nSPS) is 13.7. The molecule has 0 N–H and O–H groups in total. The lowest BCUT2D eigenvalue weighted by Crippen LogP contribution is -2.18. The third-order valence-electron chi connectivity index (χ3n) is 16.5. The van der Waals surface area contributed by atoms with Crippen LogP contribution >= 0.6 is 0 Å². The molecule has 73 heavy (non-hydrogen) atoms. The Labute approximate surface area is 428 Å². The molecule has 2 aliphatic carbocycles. The number of anilines is 3. The number of benzene rings is 12. The van der Waals surface area contributed by atoms with E-state index in [1.54, 1.807) is 0 Å². The summed E-state index contributed by atoms with van der Waals surface area (Å²) in [7, 11) is 0. The maximum Gasteiger partial charge on any atom is 0.0465 e. The second-order valence-electron chi connectivity index (χ2n) is 21.2. The van der Waals surface area contributed by atoms with Gasteiger partial charge in [-0.2, -0.15) is 0 Å². The fourth-order valence-corrected chi connectivity index (χ4v) is 12.9. The molecule has 0 amide bonds. The fourth-order valence-electron chi connectivity index (χ4n) is 12.9. The van der Waals surface area contributed by atoms with Crippen LogP contribution in [-0.4, -0.2) is 0 Å². The molecule has 0 aromatic heterocycles. The molecule has 0 unspecified atom stereocenters. The van der Waals surface area contributed by atoms with Crippen LogP contribution in [0.15, 0.2) is 249 Å². The van der Waals surface area contributed by atoms with Crippen molar-refractivity contribution in [2.24, 2.45) is 0 Å². The summed E-state index contributed by atoms with van der Waals surface area (Å²) in [6, 6.07) is 93.1. The van der Waals surface area contributed by atoms with Gasteiger partial charge in [0, 0.05) is 27.9 Å². The highest BCUT2D eigenvalue weighted by atomic mass is 15.1. The van der Waals surface area contributed by atoms with E-state index in [1.807, 2.05) is 0 Å². The molecule has 0 fully saturated rings. The number of hydrogen-bond acceptors (Lipinski definition) is 1. The van der Waals surface area contributed by atoms with Gasteiger partial charge in [-0.3, -0.25) is 0 Å². The molecule has 0 radical (unpaired) electrons. The van der Waals surface area contributed by atoms with Gasteiger partial charge >= 0.3 is 0 Å². The highest BCUT2D eigenvalue weighted by molar-refractivity contribution is 6.27. The molecule has 0 aliphatic heterocycles. The van der Waals surface area contributed by atoms with Crippen LogP contribution in [0.25, 0.3) is 99.1 Å². The molecule has 346 valence electrons. The van der Waals surface area contributed by atoms with Crippen LogP contribution in [0.2, 0.25) is 0 Å². The van der Waals surface area contributed by atoms with Crippen molar-refractivity contribution in [3.63, 3.8) is 0 Å². The van der Waals surface area contributed by atoms with E-state index in [4.69, 9.17) is 0 Å². The smallest absolute Gasteiger partial charge is 0.0465 e. The van der Waals surface area contributed by atoms with Gasteiger partial charge in [0.1, 0.15) is 0 Å². The lowest BCUT2D eigenvalue weighted by Gasteiger charge is -2.30. The number of hydrogen-bond donors (Lipinski definition) is 0. The summed E-state index contributed by atoms with van der Waals surface area (Å²) in [6.45, 7) is 9.51. The number of nitrogens with zero attached hydrogens (tertiary/aromatic N) is 1. The molecule has 12 aromatic rings. The van der Waals surface area contributed by atoms with Crippen molar-refractivity contribution < 1.29 is 0 Å². The predicted molar refractivity (Wildman–Crippen MR) is 311 cm³/mol. The first-order valence-corrected chi connectivity index (χ1v) is 25.7. The zero-order valence-corrected chi connectivity index (χ0v) is 41.6. The van der Waals surface area contributed by atoms with Gasteiger partial charge in [0.05, 0.1) is 0 Å². The Morgan fingerprint density at radius 1 is 0.219 bits per heavy atom. The average Bonchev–Trinajstić information content (AvgIpc) is 3.82. The lowest BCUT2D eigenvalue weighted by molar-refractivity contribution is 0.660. The molecular formula is C72H53N. The van der Waals surface area contributed by atoms with E-state index in [0.717, 1.165) is 17.1 Å². The van der Waals surface area contributed by atoms with E-state index < -0.39 is 0 Å². The Hall–Kier alpha value is -8.78. The molecule has 0 heterocycles. The molecular weight excluding hydrogens is 879 g/mol. The molecule has 14 rings (SSSR count). The second kappa shape index (κ2) is 16.4. The first kappa shape index (κ1) is 43.0. The van der Waals surface area contributed by atoms with Gasteiger partial charge in [0.25, 0.3) is 0 Å². The standard InChI is InChI=1S/C72H53N/c1-71(2)67-32-18-16-30-59(67)61-40-38-49(42-69(61)71)73(50-39-41-62-60-31-17-19-33-68(60)72(3,4)70(62)43-50)48-36-34-47(35-37-48)63-44-65-57-28-14-11-25-54(57)55-26-12-15-29-58(55)66(65)45-64(63)56-27-13-10-24-53(56)52-23-9-8-22-51(52)46-20-6-5-7-21-46/h5-45H,1-4H3. The third-order valence-corrected chi connectivity index (χ3v) is 16.5. The van der Waals surface area contributed by atoms with E-state index in [1.165, 1.54) is 121 Å². The first-order chi connectivity index (χ1) is 35.7. The molecule has 2 aliphatic rings. The number of fused-ring (bicyclic) bond motifs is 12. The lowest BCUT2D eigenvalue weighted by atomic mass is 9.82. The van der Waals surface area contributed by atoms with Gasteiger partial charge < -0.3 is 4.90 Å². The summed E-state index contributed by atoms with van der Waals surface area (Å²) in [5, 5.41) is 7.58. The van der Waals surface area contributed by atoms with E-state index in [0.29, 0.717) is 0 Å². The Kier molecular flexibility index (Phi) is 9.66. The van der Waals surface area contributed by atoms with Gasteiger partial charge in [-0.15, -0.1) is 0 Å². The monoisotopic (exact) mass is 931 g/mol. The minimum absolute atomic E-state index is 0.140. The minimum Gasteiger partial charge on any atom is -0.310 e. The van der Waals surface area contributed by atoms with Crippen molar-refractivity contribution >= 4 is 49.4 Å². The molecule has 0 saturated heterocycles. The maximum absolute atomic E-state index is 2.49. The Balaban J connectivity index is 0.982. The van der Waals surface area contributed by atoms with Gasteiger partial charge in [-0.25, -0.2) is 0 Å². The Morgan fingerprint density at radius 2 is 0.562 bits per heavy atom. The van der Waals surface area contributed by atoms with Crippen molar-refractivity contribution in [2.75, 3.05) is 4.90 Å². The third kappa shape index (κ3) is 6.62. The maximum atomic E-state index is 2.49. The van der Waals surface area contributed by atoms with Crippen LogP contribution < -0.4 is 4.90 Å². The zero-order valence-electron chi connectivity index (χ0n) is 41.6. The van der Waals surface area contributed by atoms with E-state index in [9.17, 15) is 0 Å². The van der Waals surface area contributed by atoms with E-state index in [2.05, 4.69) is 281 Å². The topological polar surface area (TPSA) is 3.24 Å². The minimum atomic E-state index is -0.140. The van der Waals surface area contributed by atoms with Gasteiger partial charge in [-0.05, 0) is 170 Å². The van der Waals surface area contributed by atoms with Crippen LogP contribution in [0.3, 0.4) is 0 Å². The molecule has 1 nitrogen and oxygen atoms in total. The van der Waals surface area contributed by atoms with Crippen LogP contribution in [0, 0.1) is 0 Å². The molecule has 1 heteroatoms. The second-order valence-corrected chi connectivity index (χ2v) is 21.2. The summed E-state index contributed by atoms with van der Waals surface area (Å²) >= 11 is 0. The Morgan fingerprint density at radius 3 is 1.07 bits per heavy atom. The van der Waals surface area contributed by atoms with Crippen molar-refractivity contribution in [1.82, 2.24) is 0 Å². The summed E-state index contributed by atoms with van der Waals surface area (Å²) in [5.41, 5.74) is 23.5.